The molecule has 17 heteroatoms. The zero-order valence-corrected chi connectivity index (χ0v) is 24.9. The Morgan fingerprint density at radius 2 is 1.72 bits per heavy atom. The molecule has 0 saturated carbocycles. The normalized spacial score (nSPS) is 15.3. The second-order valence-corrected chi connectivity index (χ2v) is 12.5. The summed E-state index contributed by atoms with van der Waals surface area (Å²) in [7, 11) is -2.34. The summed E-state index contributed by atoms with van der Waals surface area (Å²) >= 11 is 0. The zero-order chi connectivity index (χ0) is 31.4. The molecular formula is C26H34N6O10S. The summed E-state index contributed by atoms with van der Waals surface area (Å²) in [4.78, 5) is 51.1. The molecule has 3 aromatic rings. The van der Waals surface area contributed by atoms with Crippen molar-refractivity contribution in [1.82, 2.24) is 18.8 Å². The van der Waals surface area contributed by atoms with Crippen molar-refractivity contribution in [2.75, 3.05) is 32.9 Å². The van der Waals surface area contributed by atoms with Gasteiger partial charge >= 0.3 is 0 Å². The molecule has 0 aliphatic carbocycles. The molecule has 0 atom stereocenters. The number of aromatic amines is 1. The van der Waals surface area contributed by atoms with E-state index >= 15 is 0 Å². The first kappa shape index (κ1) is 31.7. The van der Waals surface area contributed by atoms with Gasteiger partial charge in [0, 0.05) is 31.7 Å². The van der Waals surface area contributed by atoms with Crippen molar-refractivity contribution in [2.45, 2.75) is 50.8 Å². The summed E-state index contributed by atoms with van der Waals surface area (Å²) in [5.41, 5.74) is 0.627. The Balaban J connectivity index is 1.70. The maximum atomic E-state index is 13.8. The third-order valence-corrected chi connectivity index (χ3v) is 9.36. The van der Waals surface area contributed by atoms with Gasteiger partial charge in [0.05, 0.1) is 22.6 Å². The fraction of sp³-hybridized carbons (Fsp3) is 0.538. The highest BCUT2D eigenvalue weighted by molar-refractivity contribution is 7.89. The smallest absolute Gasteiger partial charge is 0.294 e. The van der Waals surface area contributed by atoms with Crippen LogP contribution >= 0.6 is 0 Å². The van der Waals surface area contributed by atoms with Crippen LogP contribution in [0.4, 0.5) is 0 Å². The van der Waals surface area contributed by atoms with Crippen LogP contribution in [0.15, 0.2) is 34.1 Å². The van der Waals surface area contributed by atoms with Gasteiger partial charge in [-0.05, 0) is 49.4 Å². The maximum absolute atomic E-state index is 13.8. The van der Waals surface area contributed by atoms with E-state index in [0.717, 1.165) is 12.0 Å². The first-order valence-corrected chi connectivity index (χ1v) is 15.2. The topological polar surface area (TPSA) is 202 Å². The lowest BCUT2D eigenvalue weighted by Crippen LogP contribution is -2.47. The zero-order valence-electron chi connectivity index (χ0n) is 24.1. The fourth-order valence-corrected chi connectivity index (χ4v) is 6.68. The SMILES string of the molecule is CCCOc1ccc(S(=O)(=O)N2CCC(CO[N+](=O)[O-])(CO[N+](=O)[O-])CC2)cc1-c1nc2c(CCC)cn(C)c2c(=O)[nH]1. The van der Waals surface area contributed by atoms with Crippen LogP contribution in [0.1, 0.15) is 45.1 Å². The Morgan fingerprint density at radius 1 is 1.07 bits per heavy atom. The maximum Gasteiger partial charge on any atom is 0.294 e. The number of nitrogens with zero attached hydrogens (tertiary/aromatic N) is 5. The minimum Gasteiger partial charge on any atom is -0.493 e. The van der Waals surface area contributed by atoms with Crippen molar-refractivity contribution >= 4 is 21.1 Å². The highest BCUT2D eigenvalue weighted by Gasteiger charge is 2.40. The molecule has 4 rings (SSSR count). The predicted molar refractivity (Wildman–Crippen MR) is 153 cm³/mol. The number of hydrogen-bond donors (Lipinski definition) is 1. The summed E-state index contributed by atoms with van der Waals surface area (Å²) in [6, 6.07) is 4.32. The van der Waals surface area contributed by atoms with E-state index in [0.29, 0.717) is 41.8 Å². The highest BCUT2D eigenvalue weighted by atomic mass is 32.2. The van der Waals surface area contributed by atoms with Crippen molar-refractivity contribution in [2.24, 2.45) is 12.5 Å². The largest absolute Gasteiger partial charge is 0.493 e. The van der Waals surface area contributed by atoms with Gasteiger partial charge < -0.3 is 24.0 Å². The number of nitrogens with one attached hydrogen (secondary N) is 1. The van der Waals surface area contributed by atoms with Crippen LogP contribution in [0.25, 0.3) is 22.4 Å². The van der Waals surface area contributed by atoms with Gasteiger partial charge in [-0.15, -0.1) is 20.2 Å². The molecule has 1 aromatic carbocycles. The number of sulfonamides is 1. The van der Waals surface area contributed by atoms with Crippen molar-refractivity contribution < 1.29 is 33.0 Å². The van der Waals surface area contributed by atoms with E-state index in [9.17, 15) is 33.4 Å². The lowest BCUT2D eigenvalue weighted by atomic mass is 9.80. The molecule has 0 spiro atoms. The van der Waals surface area contributed by atoms with E-state index in [4.69, 9.17) is 9.72 Å². The van der Waals surface area contributed by atoms with Gasteiger partial charge in [-0.25, -0.2) is 13.4 Å². The second kappa shape index (κ2) is 12.9. The molecule has 1 N–H and O–H groups in total. The molecule has 43 heavy (non-hydrogen) atoms. The van der Waals surface area contributed by atoms with Crippen LogP contribution in [-0.2, 0) is 33.2 Å². The van der Waals surface area contributed by atoms with Gasteiger partial charge in [-0.3, -0.25) is 4.79 Å². The molecule has 16 nitrogen and oxygen atoms in total. The van der Waals surface area contributed by atoms with Gasteiger partial charge in [0.2, 0.25) is 10.0 Å². The van der Waals surface area contributed by atoms with E-state index in [2.05, 4.69) is 14.7 Å². The van der Waals surface area contributed by atoms with E-state index < -0.39 is 38.8 Å². The van der Waals surface area contributed by atoms with Crippen LogP contribution in [0, 0.1) is 25.6 Å². The Morgan fingerprint density at radius 3 is 2.30 bits per heavy atom. The molecule has 1 fully saturated rings. The van der Waals surface area contributed by atoms with E-state index in [-0.39, 0.29) is 42.2 Å². The summed E-state index contributed by atoms with van der Waals surface area (Å²) in [5, 5.41) is 19.6. The Kier molecular flexibility index (Phi) is 9.54. The summed E-state index contributed by atoms with van der Waals surface area (Å²) in [6.45, 7) is 3.18. The van der Waals surface area contributed by atoms with Crippen LogP contribution in [0.5, 0.6) is 5.75 Å². The minimum absolute atomic E-state index is 0.0260. The second-order valence-electron chi connectivity index (χ2n) is 10.5. The average molecular weight is 623 g/mol. The molecule has 0 amide bonds. The molecule has 1 aliphatic heterocycles. The molecule has 2 aromatic heterocycles. The third-order valence-electron chi connectivity index (χ3n) is 7.46. The first-order chi connectivity index (χ1) is 20.4. The number of ether oxygens (including phenoxy) is 1. The quantitative estimate of drug-likeness (QED) is 0.205. The van der Waals surface area contributed by atoms with E-state index in [1.165, 1.54) is 22.5 Å². The third kappa shape index (κ3) is 6.88. The molecule has 1 saturated heterocycles. The van der Waals surface area contributed by atoms with E-state index in [1.807, 2.05) is 20.0 Å². The van der Waals surface area contributed by atoms with Gasteiger partial charge in [0.1, 0.15) is 30.3 Å². The minimum atomic E-state index is -4.10. The number of rotatable bonds is 14. The van der Waals surface area contributed by atoms with Crippen LogP contribution in [0.2, 0.25) is 0 Å². The fourth-order valence-electron chi connectivity index (χ4n) is 5.21. The lowest BCUT2D eigenvalue weighted by molar-refractivity contribution is -0.772. The number of aromatic nitrogens is 3. The number of H-pyrrole nitrogens is 1. The molecule has 0 bridgehead atoms. The average Bonchev–Trinajstić information content (AvgIpc) is 3.29. The van der Waals surface area contributed by atoms with Gasteiger partial charge in [0.15, 0.2) is 0 Å². The molecular weight excluding hydrogens is 588 g/mol. The van der Waals surface area contributed by atoms with Crippen LogP contribution < -0.4 is 10.3 Å². The Bertz CT molecular complexity index is 1640. The molecule has 234 valence electrons. The van der Waals surface area contributed by atoms with Gasteiger partial charge in [-0.2, -0.15) is 4.31 Å². The molecule has 0 unspecified atom stereocenters. The summed E-state index contributed by atoms with van der Waals surface area (Å²) < 4.78 is 36.4. The van der Waals surface area contributed by atoms with Crippen molar-refractivity contribution in [3.05, 3.63) is 60.5 Å². The number of aryl methyl sites for hydroxylation is 2. The summed E-state index contributed by atoms with van der Waals surface area (Å²) in [6.07, 6.45) is 4.15. The highest BCUT2D eigenvalue weighted by Crippen LogP contribution is 2.37. The lowest BCUT2D eigenvalue weighted by Gasteiger charge is -2.39. The van der Waals surface area contributed by atoms with Crippen molar-refractivity contribution in [3.63, 3.8) is 0 Å². The van der Waals surface area contributed by atoms with Crippen molar-refractivity contribution in [1.29, 1.82) is 0 Å². The predicted octanol–water partition coefficient (Wildman–Crippen LogP) is 2.86. The summed E-state index contributed by atoms with van der Waals surface area (Å²) in [5.74, 6) is 0.513. The van der Waals surface area contributed by atoms with Crippen LogP contribution in [0.3, 0.4) is 0 Å². The standard InChI is InChI=1S/C26H34N6O10S/c1-4-6-18-15-29(3)23-22(18)27-24(28-25(23)33)20-14-19(7-8-21(20)40-13-5-2)43(38,39)30-11-9-26(10-12-30,16-41-31(34)35)17-42-32(36)37/h7-8,14-15H,4-6,9-13,16-17H2,1-3H3,(H,27,28,33). The Hall–Kier alpha value is -4.25. The van der Waals surface area contributed by atoms with Crippen LogP contribution in [-0.4, -0.2) is 70.3 Å². The number of benzene rings is 1. The number of piperidine rings is 1. The van der Waals surface area contributed by atoms with E-state index in [1.54, 1.807) is 11.6 Å². The van der Waals surface area contributed by atoms with Crippen molar-refractivity contribution in [3.8, 4) is 17.1 Å². The molecule has 1 aliphatic rings. The number of fused-ring (bicyclic) bond motifs is 1. The number of hydrogen-bond acceptors (Lipinski definition) is 11. The van der Waals surface area contributed by atoms with Gasteiger partial charge in [-0.1, -0.05) is 20.3 Å². The first-order valence-electron chi connectivity index (χ1n) is 13.8. The molecule has 3 heterocycles. The molecule has 0 radical (unpaired) electrons. The monoisotopic (exact) mass is 622 g/mol. The Labute approximate surface area is 246 Å². The van der Waals surface area contributed by atoms with Gasteiger partial charge in [0.25, 0.3) is 15.7 Å².